The van der Waals surface area contributed by atoms with Crippen LogP contribution in [0.25, 0.3) is 0 Å². The molecule has 24 heavy (non-hydrogen) atoms. The molecule has 0 bridgehead atoms. The van der Waals surface area contributed by atoms with E-state index in [0.717, 1.165) is 25.1 Å². The molecule has 0 aliphatic carbocycles. The van der Waals surface area contributed by atoms with E-state index in [9.17, 15) is 13.2 Å². The summed E-state index contributed by atoms with van der Waals surface area (Å²) in [4.78, 5) is 18.7. The first kappa shape index (κ1) is 17.2. The number of imidazole rings is 1. The number of aryl methyl sites for hydroxylation is 1. The van der Waals surface area contributed by atoms with Crippen LogP contribution < -0.4 is 5.32 Å². The van der Waals surface area contributed by atoms with Crippen molar-refractivity contribution in [1.82, 2.24) is 24.1 Å². The van der Waals surface area contributed by atoms with Gasteiger partial charge in [-0.1, -0.05) is 0 Å². The predicted octanol–water partition coefficient (Wildman–Crippen LogP) is 0.343. The summed E-state index contributed by atoms with van der Waals surface area (Å²) < 4.78 is 26.8. The lowest BCUT2D eigenvalue weighted by Gasteiger charge is -2.32. The Balaban J connectivity index is 1.55. The number of carbonyl (C=O) groups excluding carboxylic acids is 1. The second-order valence-electron chi connectivity index (χ2n) is 6.74. The average molecular weight is 355 g/mol. The van der Waals surface area contributed by atoms with Crippen LogP contribution in [0.15, 0.2) is 12.4 Å². The van der Waals surface area contributed by atoms with Crippen LogP contribution in [0.2, 0.25) is 0 Å². The van der Waals surface area contributed by atoms with Crippen molar-refractivity contribution in [3.63, 3.8) is 0 Å². The van der Waals surface area contributed by atoms with Crippen molar-refractivity contribution in [1.29, 1.82) is 0 Å². The van der Waals surface area contributed by atoms with Crippen LogP contribution >= 0.6 is 0 Å². The van der Waals surface area contributed by atoms with E-state index in [-0.39, 0.29) is 18.0 Å². The third-order valence-corrected chi connectivity index (χ3v) is 6.15. The Morgan fingerprint density at radius 3 is 2.75 bits per heavy atom. The smallest absolute Gasteiger partial charge is 0.317 e. The molecule has 2 amide bonds. The molecule has 1 aromatic heterocycles. The van der Waals surface area contributed by atoms with Crippen LogP contribution in [0, 0.1) is 0 Å². The number of piperidine rings is 1. The number of carbonyl (C=O) groups is 1. The van der Waals surface area contributed by atoms with E-state index in [1.165, 1.54) is 10.6 Å². The van der Waals surface area contributed by atoms with Gasteiger partial charge in [-0.2, -0.15) is 0 Å². The molecule has 2 saturated heterocycles. The summed E-state index contributed by atoms with van der Waals surface area (Å²) >= 11 is 0. The summed E-state index contributed by atoms with van der Waals surface area (Å²) in [7, 11) is -1.23. The number of aromatic nitrogens is 2. The zero-order chi connectivity index (χ0) is 17.3. The number of amides is 2. The summed E-state index contributed by atoms with van der Waals surface area (Å²) in [6, 6.07) is -0.222. The first-order chi connectivity index (χ1) is 11.3. The summed E-state index contributed by atoms with van der Waals surface area (Å²) in [5.41, 5.74) is 0. The molecule has 134 valence electrons. The predicted molar refractivity (Wildman–Crippen MR) is 90.1 cm³/mol. The molecule has 3 heterocycles. The standard InChI is InChI=1S/C15H25N5O3S/c1-18-9-6-16-14(18)12-5-8-19(10-12)15(21)17-13-4-3-7-20(11-13)24(2,22)23/h6,9,12-13H,3-5,7-8,10-11H2,1-2H3,(H,17,21). The first-order valence-corrected chi connectivity index (χ1v) is 10.2. The average Bonchev–Trinajstić information content (AvgIpc) is 3.15. The van der Waals surface area contributed by atoms with Gasteiger partial charge in [-0.25, -0.2) is 22.5 Å². The normalized spacial score (nSPS) is 25.8. The van der Waals surface area contributed by atoms with Gasteiger partial charge in [-0.3, -0.25) is 0 Å². The monoisotopic (exact) mass is 355 g/mol. The van der Waals surface area contributed by atoms with Gasteiger partial charge in [-0.05, 0) is 19.3 Å². The maximum atomic E-state index is 12.5. The molecule has 2 unspecified atom stereocenters. The van der Waals surface area contributed by atoms with Crippen LogP contribution in [0.5, 0.6) is 0 Å². The molecule has 1 N–H and O–H groups in total. The Labute approximate surface area is 142 Å². The van der Waals surface area contributed by atoms with Gasteiger partial charge in [0.25, 0.3) is 0 Å². The molecule has 0 aromatic carbocycles. The van der Waals surface area contributed by atoms with Crippen LogP contribution in [0.4, 0.5) is 4.79 Å². The largest absolute Gasteiger partial charge is 0.338 e. The second kappa shape index (κ2) is 6.72. The highest BCUT2D eigenvalue weighted by atomic mass is 32.2. The molecule has 9 heteroatoms. The maximum Gasteiger partial charge on any atom is 0.317 e. The van der Waals surface area contributed by atoms with Gasteiger partial charge >= 0.3 is 6.03 Å². The Bertz CT molecular complexity index is 702. The molecular formula is C15H25N5O3S. The van der Waals surface area contributed by atoms with E-state index >= 15 is 0 Å². The van der Waals surface area contributed by atoms with Crippen molar-refractivity contribution >= 4 is 16.1 Å². The van der Waals surface area contributed by atoms with Gasteiger partial charge < -0.3 is 14.8 Å². The van der Waals surface area contributed by atoms with E-state index in [1.54, 1.807) is 11.1 Å². The van der Waals surface area contributed by atoms with Crippen molar-refractivity contribution in [2.75, 3.05) is 32.4 Å². The summed E-state index contributed by atoms with van der Waals surface area (Å²) in [5.74, 6) is 1.26. The maximum absolute atomic E-state index is 12.5. The van der Waals surface area contributed by atoms with E-state index in [2.05, 4.69) is 10.3 Å². The van der Waals surface area contributed by atoms with Crippen molar-refractivity contribution in [2.24, 2.45) is 7.05 Å². The van der Waals surface area contributed by atoms with Gasteiger partial charge in [0, 0.05) is 57.6 Å². The minimum absolute atomic E-state index is 0.105. The lowest BCUT2D eigenvalue weighted by molar-refractivity contribution is 0.195. The van der Waals surface area contributed by atoms with Crippen LogP contribution in [0.1, 0.15) is 31.0 Å². The SMILES string of the molecule is Cn1ccnc1C1CCN(C(=O)NC2CCCN(S(C)(=O)=O)C2)C1. The molecular weight excluding hydrogens is 330 g/mol. The zero-order valence-corrected chi connectivity index (χ0v) is 15.0. The molecule has 2 aliphatic rings. The van der Waals surface area contributed by atoms with Crippen LogP contribution in [0.3, 0.4) is 0 Å². The highest BCUT2D eigenvalue weighted by Gasteiger charge is 2.32. The third-order valence-electron chi connectivity index (χ3n) is 4.88. The molecule has 3 rings (SSSR count). The zero-order valence-electron chi connectivity index (χ0n) is 14.2. The van der Waals surface area contributed by atoms with Crippen molar-refractivity contribution in [3.8, 4) is 0 Å². The molecule has 1 aromatic rings. The first-order valence-electron chi connectivity index (χ1n) is 8.32. The van der Waals surface area contributed by atoms with E-state index < -0.39 is 10.0 Å². The Kier molecular flexibility index (Phi) is 4.82. The lowest BCUT2D eigenvalue weighted by Crippen LogP contribution is -2.52. The van der Waals surface area contributed by atoms with Crippen LogP contribution in [-0.4, -0.2) is 71.7 Å². The molecule has 2 fully saturated rings. The van der Waals surface area contributed by atoms with E-state index in [4.69, 9.17) is 0 Å². The minimum Gasteiger partial charge on any atom is -0.338 e. The Morgan fingerprint density at radius 2 is 2.08 bits per heavy atom. The van der Waals surface area contributed by atoms with Crippen LogP contribution in [-0.2, 0) is 17.1 Å². The number of urea groups is 1. The van der Waals surface area contributed by atoms with Crippen molar-refractivity contribution in [3.05, 3.63) is 18.2 Å². The summed E-state index contributed by atoms with van der Waals surface area (Å²) in [6.07, 6.45) is 7.40. The quantitative estimate of drug-likeness (QED) is 0.847. The fourth-order valence-electron chi connectivity index (χ4n) is 3.55. The topological polar surface area (TPSA) is 87.5 Å². The minimum atomic E-state index is -3.20. The number of rotatable bonds is 3. The fourth-order valence-corrected chi connectivity index (χ4v) is 4.46. The summed E-state index contributed by atoms with van der Waals surface area (Å²) in [5, 5.41) is 3.00. The molecule has 2 aliphatic heterocycles. The van der Waals surface area contributed by atoms with Gasteiger partial charge in [0.2, 0.25) is 10.0 Å². The third kappa shape index (κ3) is 3.72. The summed E-state index contributed by atoms with van der Waals surface area (Å²) in [6.45, 7) is 2.25. The van der Waals surface area contributed by atoms with E-state index in [1.807, 2.05) is 17.8 Å². The number of nitrogens with zero attached hydrogens (tertiary/aromatic N) is 4. The van der Waals surface area contributed by atoms with E-state index in [0.29, 0.717) is 26.2 Å². The highest BCUT2D eigenvalue weighted by Crippen LogP contribution is 2.25. The highest BCUT2D eigenvalue weighted by molar-refractivity contribution is 7.88. The van der Waals surface area contributed by atoms with Gasteiger partial charge in [-0.15, -0.1) is 0 Å². The molecule has 0 saturated carbocycles. The number of nitrogens with one attached hydrogen (secondary N) is 1. The van der Waals surface area contributed by atoms with Crippen molar-refractivity contribution in [2.45, 2.75) is 31.2 Å². The van der Waals surface area contributed by atoms with Crippen molar-refractivity contribution < 1.29 is 13.2 Å². The number of hydrogen-bond acceptors (Lipinski definition) is 4. The molecule has 0 spiro atoms. The lowest BCUT2D eigenvalue weighted by atomic mass is 10.1. The van der Waals surface area contributed by atoms with Gasteiger partial charge in [0.15, 0.2) is 0 Å². The molecule has 8 nitrogen and oxygen atoms in total. The Hall–Kier alpha value is -1.61. The number of hydrogen-bond donors (Lipinski definition) is 1. The number of sulfonamides is 1. The molecule has 0 radical (unpaired) electrons. The number of likely N-dealkylation sites (tertiary alicyclic amines) is 1. The molecule has 2 atom stereocenters. The van der Waals surface area contributed by atoms with Gasteiger partial charge in [0.1, 0.15) is 5.82 Å². The fraction of sp³-hybridized carbons (Fsp3) is 0.733. The Morgan fingerprint density at radius 1 is 1.29 bits per heavy atom. The van der Waals surface area contributed by atoms with Gasteiger partial charge in [0.05, 0.1) is 6.26 Å². The second-order valence-corrected chi connectivity index (χ2v) is 8.72.